The Morgan fingerprint density at radius 2 is 2.00 bits per heavy atom. The summed E-state index contributed by atoms with van der Waals surface area (Å²) < 4.78 is 5.29. The molecule has 1 aromatic carbocycles. The number of hydrogen-bond acceptors (Lipinski definition) is 3. The van der Waals surface area contributed by atoms with Gasteiger partial charge in [-0.15, -0.1) is 0 Å². The summed E-state index contributed by atoms with van der Waals surface area (Å²) in [5, 5.41) is 2.54. The molecule has 18 heavy (non-hydrogen) atoms. The molecule has 0 aliphatic carbocycles. The maximum atomic E-state index is 11.5. The molecule has 0 atom stereocenters. The fourth-order valence-electron chi connectivity index (χ4n) is 1.58. The van der Waals surface area contributed by atoms with Crippen LogP contribution in [0, 0.1) is 0 Å². The molecule has 2 rings (SSSR count). The van der Waals surface area contributed by atoms with Gasteiger partial charge in [0, 0.05) is 18.2 Å². The van der Waals surface area contributed by atoms with Crippen molar-refractivity contribution in [3.63, 3.8) is 0 Å². The van der Waals surface area contributed by atoms with E-state index >= 15 is 0 Å². The van der Waals surface area contributed by atoms with Crippen LogP contribution in [0.4, 0.5) is 0 Å². The first-order chi connectivity index (χ1) is 8.61. The summed E-state index contributed by atoms with van der Waals surface area (Å²) in [6.45, 7) is 0. The van der Waals surface area contributed by atoms with E-state index in [4.69, 9.17) is 10.2 Å². The van der Waals surface area contributed by atoms with Crippen molar-refractivity contribution in [1.29, 1.82) is 0 Å². The maximum absolute atomic E-state index is 11.5. The number of nitrogens with one attached hydrogen (secondary N) is 1. The Morgan fingerprint density at radius 1 is 1.22 bits per heavy atom. The van der Waals surface area contributed by atoms with Gasteiger partial charge in [0.15, 0.2) is 5.76 Å². The first-order valence-electron chi connectivity index (χ1n) is 5.34. The van der Waals surface area contributed by atoms with Crippen LogP contribution in [-0.2, 0) is 0 Å². The smallest absolute Gasteiger partial charge is 0.284 e. The van der Waals surface area contributed by atoms with Crippen LogP contribution >= 0.6 is 0 Å². The van der Waals surface area contributed by atoms with Crippen molar-refractivity contribution >= 4 is 11.8 Å². The van der Waals surface area contributed by atoms with Crippen LogP contribution in [0.2, 0.25) is 0 Å². The third kappa shape index (κ3) is 2.24. The van der Waals surface area contributed by atoms with E-state index < -0.39 is 5.91 Å². The largest absolute Gasteiger partial charge is 0.451 e. The van der Waals surface area contributed by atoms with Gasteiger partial charge in [-0.2, -0.15) is 0 Å². The van der Waals surface area contributed by atoms with E-state index in [9.17, 15) is 9.59 Å². The number of benzene rings is 1. The van der Waals surface area contributed by atoms with Gasteiger partial charge < -0.3 is 15.5 Å². The van der Waals surface area contributed by atoms with E-state index in [0.717, 1.165) is 0 Å². The van der Waals surface area contributed by atoms with Crippen LogP contribution in [0.5, 0.6) is 0 Å². The monoisotopic (exact) mass is 244 g/mol. The third-order valence-corrected chi connectivity index (χ3v) is 2.49. The molecule has 0 saturated carbocycles. The maximum Gasteiger partial charge on any atom is 0.284 e. The predicted octanol–water partition coefficient (Wildman–Crippen LogP) is 1.41. The fraction of sp³-hybridized carbons (Fsp3) is 0.0769. The Hall–Kier alpha value is -2.56. The zero-order valence-corrected chi connectivity index (χ0v) is 9.77. The molecular formula is C13H12N2O3. The lowest BCUT2D eigenvalue weighted by Gasteiger charge is -2.02. The zero-order valence-electron chi connectivity index (χ0n) is 9.77. The van der Waals surface area contributed by atoms with Gasteiger partial charge in [-0.3, -0.25) is 9.59 Å². The van der Waals surface area contributed by atoms with Crippen molar-refractivity contribution in [3.8, 4) is 11.3 Å². The van der Waals surface area contributed by atoms with Crippen LogP contribution in [0.15, 0.2) is 40.8 Å². The normalized spacial score (nSPS) is 10.1. The predicted molar refractivity (Wildman–Crippen MR) is 66.1 cm³/mol. The first-order valence-corrected chi connectivity index (χ1v) is 5.34. The van der Waals surface area contributed by atoms with E-state index in [2.05, 4.69) is 5.32 Å². The summed E-state index contributed by atoms with van der Waals surface area (Å²) in [7, 11) is 1.56. The van der Waals surface area contributed by atoms with E-state index in [-0.39, 0.29) is 11.7 Å². The minimum absolute atomic E-state index is 0.0929. The highest BCUT2D eigenvalue weighted by atomic mass is 16.3. The molecule has 0 bridgehead atoms. The molecule has 0 saturated heterocycles. The fourth-order valence-corrected chi connectivity index (χ4v) is 1.58. The SMILES string of the molecule is CNC(=O)c1cccc(-c2ccc(C(N)=O)o2)c1. The van der Waals surface area contributed by atoms with E-state index in [1.165, 1.54) is 6.07 Å². The molecule has 0 aliphatic rings. The highest BCUT2D eigenvalue weighted by molar-refractivity contribution is 5.95. The highest BCUT2D eigenvalue weighted by Crippen LogP contribution is 2.22. The number of primary amides is 1. The molecule has 2 amide bonds. The number of nitrogens with two attached hydrogens (primary N) is 1. The van der Waals surface area contributed by atoms with Gasteiger partial charge in [-0.1, -0.05) is 12.1 Å². The number of rotatable bonds is 3. The van der Waals surface area contributed by atoms with Crippen molar-refractivity contribution in [1.82, 2.24) is 5.32 Å². The van der Waals surface area contributed by atoms with Gasteiger partial charge in [0.1, 0.15) is 5.76 Å². The molecule has 0 aliphatic heterocycles. The van der Waals surface area contributed by atoms with Gasteiger partial charge in [-0.05, 0) is 24.3 Å². The standard InChI is InChI=1S/C13H12N2O3/c1-15-13(17)9-4-2-3-8(7-9)10-5-6-11(18-10)12(14)16/h2-7H,1H3,(H2,14,16)(H,15,17). The van der Waals surface area contributed by atoms with Crippen molar-refractivity contribution in [2.24, 2.45) is 5.73 Å². The van der Waals surface area contributed by atoms with Gasteiger partial charge in [-0.25, -0.2) is 0 Å². The molecule has 5 heteroatoms. The second kappa shape index (κ2) is 4.75. The number of furan rings is 1. The Bertz CT molecular complexity index is 602. The van der Waals surface area contributed by atoms with Crippen LogP contribution in [0.1, 0.15) is 20.9 Å². The van der Waals surface area contributed by atoms with E-state index in [0.29, 0.717) is 16.9 Å². The van der Waals surface area contributed by atoms with E-state index in [1.807, 2.05) is 0 Å². The second-order valence-electron chi connectivity index (χ2n) is 3.69. The first kappa shape index (κ1) is 11.9. The minimum atomic E-state index is -0.622. The average Bonchev–Trinajstić information content (AvgIpc) is 2.88. The molecule has 5 nitrogen and oxygen atoms in total. The van der Waals surface area contributed by atoms with Crippen LogP contribution in [0.3, 0.4) is 0 Å². The lowest BCUT2D eigenvalue weighted by atomic mass is 10.1. The Balaban J connectivity index is 2.38. The topological polar surface area (TPSA) is 85.3 Å². The van der Waals surface area contributed by atoms with Crippen LogP contribution in [-0.4, -0.2) is 18.9 Å². The van der Waals surface area contributed by atoms with Crippen LogP contribution in [0.25, 0.3) is 11.3 Å². The summed E-state index contributed by atoms with van der Waals surface area (Å²) in [5.41, 5.74) is 6.34. The number of carbonyl (C=O) groups is 2. The van der Waals surface area contributed by atoms with Crippen molar-refractivity contribution in [2.75, 3.05) is 7.05 Å². The van der Waals surface area contributed by atoms with Gasteiger partial charge in [0.05, 0.1) is 0 Å². The summed E-state index contributed by atoms with van der Waals surface area (Å²) in [6.07, 6.45) is 0. The molecule has 1 heterocycles. The number of amides is 2. The Kier molecular flexibility index (Phi) is 3.14. The lowest BCUT2D eigenvalue weighted by Crippen LogP contribution is -2.17. The lowest BCUT2D eigenvalue weighted by molar-refractivity contribution is 0.0958. The molecule has 0 unspecified atom stereocenters. The quantitative estimate of drug-likeness (QED) is 0.855. The van der Waals surface area contributed by atoms with Crippen molar-refractivity contribution < 1.29 is 14.0 Å². The average molecular weight is 244 g/mol. The number of carbonyl (C=O) groups excluding carboxylic acids is 2. The summed E-state index contributed by atoms with van der Waals surface area (Å²) >= 11 is 0. The number of hydrogen-bond donors (Lipinski definition) is 2. The van der Waals surface area contributed by atoms with Crippen molar-refractivity contribution in [2.45, 2.75) is 0 Å². The molecule has 92 valence electrons. The van der Waals surface area contributed by atoms with E-state index in [1.54, 1.807) is 37.4 Å². The summed E-state index contributed by atoms with van der Waals surface area (Å²) in [6, 6.07) is 10.1. The molecule has 0 fully saturated rings. The molecule has 3 N–H and O–H groups in total. The second-order valence-corrected chi connectivity index (χ2v) is 3.69. The Labute approximate surface area is 104 Å². The molecule has 1 aromatic heterocycles. The highest BCUT2D eigenvalue weighted by Gasteiger charge is 2.10. The third-order valence-electron chi connectivity index (χ3n) is 2.49. The molecular weight excluding hydrogens is 232 g/mol. The minimum Gasteiger partial charge on any atom is -0.451 e. The van der Waals surface area contributed by atoms with Crippen molar-refractivity contribution in [3.05, 3.63) is 47.7 Å². The van der Waals surface area contributed by atoms with Gasteiger partial charge in [0.2, 0.25) is 0 Å². The molecule has 0 radical (unpaired) electrons. The van der Waals surface area contributed by atoms with Gasteiger partial charge in [0.25, 0.3) is 11.8 Å². The summed E-state index contributed by atoms with van der Waals surface area (Å²) in [4.78, 5) is 22.4. The molecule has 0 spiro atoms. The zero-order chi connectivity index (χ0) is 13.1. The van der Waals surface area contributed by atoms with Crippen LogP contribution < -0.4 is 11.1 Å². The molecule has 2 aromatic rings. The van der Waals surface area contributed by atoms with Gasteiger partial charge >= 0.3 is 0 Å². The summed E-state index contributed by atoms with van der Waals surface area (Å²) in [5.74, 6) is -0.216. The Morgan fingerprint density at radius 3 is 2.61 bits per heavy atom.